The van der Waals surface area contributed by atoms with Gasteiger partial charge in [0.2, 0.25) is 5.91 Å². The summed E-state index contributed by atoms with van der Waals surface area (Å²) in [5, 5.41) is 4.45. The molecule has 0 unspecified atom stereocenters. The first-order chi connectivity index (χ1) is 16.6. The van der Waals surface area contributed by atoms with Crippen LogP contribution in [-0.2, 0) is 16.8 Å². The van der Waals surface area contributed by atoms with E-state index in [1.165, 1.54) is 40.4 Å². The molecular weight excluding hydrogens is 454 g/mol. The lowest BCUT2D eigenvalue weighted by Crippen LogP contribution is -2.43. The van der Waals surface area contributed by atoms with E-state index in [1.807, 2.05) is 6.08 Å². The number of carbonyl (C=O) groups is 1. The summed E-state index contributed by atoms with van der Waals surface area (Å²) in [5.41, 5.74) is 5.37. The third kappa shape index (κ3) is 6.77. The predicted octanol–water partition coefficient (Wildman–Crippen LogP) is 6.77. The maximum absolute atomic E-state index is 12.4. The van der Waals surface area contributed by atoms with Crippen LogP contribution in [0.4, 0.5) is 0 Å². The molecule has 1 amide bonds. The van der Waals surface area contributed by atoms with Gasteiger partial charge in [-0.25, -0.2) is 0 Å². The highest BCUT2D eigenvalue weighted by molar-refractivity contribution is 5.88. The fraction of sp³-hybridized carbons (Fsp3) is 0.433. The van der Waals surface area contributed by atoms with Gasteiger partial charge in [0, 0.05) is 35.3 Å². The Morgan fingerprint density at radius 1 is 0.971 bits per heavy atom. The molecular formula is C30H40ClN3O. The Labute approximate surface area is 216 Å². The van der Waals surface area contributed by atoms with Gasteiger partial charge < -0.3 is 10.3 Å². The molecule has 4 nitrogen and oxygen atoms in total. The van der Waals surface area contributed by atoms with Crippen molar-refractivity contribution >= 4 is 29.2 Å². The lowest BCUT2D eigenvalue weighted by Gasteiger charge is -2.44. The van der Waals surface area contributed by atoms with Crippen LogP contribution < -0.4 is 5.32 Å². The van der Waals surface area contributed by atoms with Crippen molar-refractivity contribution in [3.05, 3.63) is 83.6 Å². The Hall–Kier alpha value is -2.56. The van der Waals surface area contributed by atoms with E-state index < -0.39 is 0 Å². The first-order valence-electron chi connectivity index (χ1n) is 12.8. The predicted molar refractivity (Wildman–Crippen MR) is 149 cm³/mol. The summed E-state index contributed by atoms with van der Waals surface area (Å²) in [6.07, 6.45) is 13.8. The monoisotopic (exact) mass is 493 g/mol. The number of aromatic nitrogens is 1. The van der Waals surface area contributed by atoms with Crippen LogP contribution in [0.3, 0.4) is 0 Å². The molecule has 188 valence electrons. The van der Waals surface area contributed by atoms with Crippen molar-refractivity contribution < 1.29 is 4.79 Å². The Kier molecular flexibility index (Phi) is 10.00. The number of fused-ring (bicyclic) bond motifs is 1. The molecule has 5 heteroatoms. The van der Waals surface area contributed by atoms with Crippen LogP contribution in [-0.4, -0.2) is 36.4 Å². The number of aromatic amines is 1. The van der Waals surface area contributed by atoms with Crippen molar-refractivity contribution in [2.45, 2.75) is 63.3 Å². The number of halogens is 1. The molecule has 1 saturated carbocycles. The number of benzene rings is 2. The van der Waals surface area contributed by atoms with Crippen molar-refractivity contribution in [1.29, 1.82) is 0 Å². The SMILES string of the molecule is CN(C)C1(c2ccccc2)CCC(=CC(=O)NCCCCCCc2c[nH]c3ccccc23)CC1.Cl. The zero-order chi connectivity index (χ0) is 23.8. The topological polar surface area (TPSA) is 48.1 Å². The zero-order valence-corrected chi connectivity index (χ0v) is 22.0. The summed E-state index contributed by atoms with van der Waals surface area (Å²) in [5.74, 6) is 0.0749. The molecule has 0 atom stereocenters. The van der Waals surface area contributed by atoms with Crippen LogP contribution in [0.15, 0.2) is 72.4 Å². The van der Waals surface area contributed by atoms with Gasteiger partial charge in [-0.05, 0) is 76.2 Å². The molecule has 1 heterocycles. The lowest BCUT2D eigenvalue weighted by atomic mass is 9.74. The number of carbonyl (C=O) groups excluding carboxylic acids is 1. The lowest BCUT2D eigenvalue weighted by molar-refractivity contribution is -0.116. The average molecular weight is 494 g/mol. The van der Waals surface area contributed by atoms with Crippen molar-refractivity contribution in [1.82, 2.24) is 15.2 Å². The van der Waals surface area contributed by atoms with Crippen LogP contribution >= 0.6 is 12.4 Å². The molecule has 1 aliphatic rings. The van der Waals surface area contributed by atoms with Crippen molar-refractivity contribution in [3.63, 3.8) is 0 Å². The Bertz CT molecular complexity index is 1090. The molecule has 1 aromatic heterocycles. The maximum atomic E-state index is 12.4. The van der Waals surface area contributed by atoms with E-state index in [0.717, 1.165) is 51.5 Å². The number of nitrogens with one attached hydrogen (secondary N) is 2. The molecule has 3 aromatic rings. The number of hydrogen-bond donors (Lipinski definition) is 2. The second kappa shape index (κ2) is 12.9. The highest BCUT2D eigenvalue weighted by Crippen LogP contribution is 2.42. The number of unbranched alkanes of at least 4 members (excludes halogenated alkanes) is 3. The van der Waals surface area contributed by atoms with Gasteiger partial charge in [0.05, 0.1) is 0 Å². The van der Waals surface area contributed by atoms with Gasteiger partial charge in [-0.15, -0.1) is 12.4 Å². The molecule has 0 radical (unpaired) electrons. The standard InChI is InChI=1S/C30H39N3O.ClH/c1-33(2)30(26-13-7-5-8-14-26)19-17-24(18-20-30)22-29(34)31-21-11-4-3-6-12-25-23-32-28-16-10-9-15-27(25)28;/h5,7-10,13-16,22-23,32H,3-4,6,11-12,17-21H2,1-2H3,(H,31,34);1H. The second-order valence-corrected chi connectivity index (χ2v) is 9.91. The summed E-state index contributed by atoms with van der Waals surface area (Å²) < 4.78 is 0. The van der Waals surface area contributed by atoms with Gasteiger partial charge in [-0.3, -0.25) is 9.69 Å². The normalized spacial score (nSPS) is 17.9. The number of rotatable bonds is 10. The third-order valence-corrected chi connectivity index (χ3v) is 7.57. The summed E-state index contributed by atoms with van der Waals surface area (Å²) in [4.78, 5) is 18.2. The quantitative estimate of drug-likeness (QED) is 0.242. The number of hydrogen-bond acceptors (Lipinski definition) is 2. The Balaban J connectivity index is 0.00000342. The number of amides is 1. The molecule has 2 aromatic carbocycles. The smallest absolute Gasteiger partial charge is 0.243 e. The number of allylic oxidation sites excluding steroid dienone is 1. The molecule has 0 spiro atoms. The average Bonchev–Trinajstić information content (AvgIpc) is 3.27. The van der Waals surface area contributed by atoms with Gasteiger partial charge >= 0.3 is 0 Å². The van der Waals surface area contributed by atoms with Gasteiger partial charge in [-0.2, -0.15) is 0 Å². The van der Waals surface area contributed by atoms with E-state index >= 15 is 0 Å². The fourth-order valence-corrected chi connectivity index (χ4v) is 5.45. The first kappa shape index (κ1) is 27.0. The summed E-state index contributed by atoms with van der Waals surface area (Å²) in [6.45, 7) is 0.765. The van der Waals surface area contributed by atoms with Gasteiger partial charge in [-0.1, -0.05) is 66.9 Å². The Morgan fingerprint density at radius 2 is 1.66 bits per heavy atom. The van der Waals surface area contributed by atoms with Crippen LogP contribution in [0.1, 0.15) is 62.5 Å². The Morgan fingerprint density at radius 3 is 2.40 bits per heavy atom. The molecule has 0 aliphatic heterocycles. The van der Waals surface area contributed by atoms with Gasteiger partial charge in [0.1, 0.15) is 0 Å². The summed E-state index contributed by atoms with van der Waals surface area (Å²) in [7, 11) is 4.35. The third-order valence-electron chi connectivity index (χ3n) is 7.57. The minimum atomic E-state index is 0. The molecule has 0 bridgehead atoms. The van der Waals surface area contributed by atoms with E-state index in [9.17, 15) is 4.79 Å². The molecule has 1 aliphatic carbocycles. The van der Waals surface area contributed by atoms with Crippen molar-refractivity contribution in [2.24, 2.45) is 0 Å². The fourth-order valence-electron chi connectivity index (χ4n) is 5.45. The van der Waals surface area contributed by atoms with E-state index in [2.05, 4.69) is 90.1 Å². The first-order valence-corrected chi connectivity index (χ1v) is 12.8. The van der Waals surface area contributed by atoms with Crippen LogP contribution in [0.5, 0.6) is 0 Å². The van der Waals surface area contributed by atoms with Crippen molar-refractivity contribution in [3.8, 4) is 0 Å². The van der Waals surface area contributed by atoms with Gasteiger partial charge in [0.15, 0.2) is 0 Å². The highest BCUT2D eigenvalue weighted by Gasteiger charge is 2.37. The highest BCUT2D eigenvalue weighted by atomic mass is 35.5. The molecule has 35 heavy (non-hydrogen) atoms. The zero-order valence-electron chi connectivity index (χ0n) is 21.2. The molecule has 0 saturated heterocycles. The second-order valence-electron chi connectivity index (χ2n) is 9.91. The summed E-state index contributed by atoms with van der Waals surface area (Å²) >= 11 is 0. The number of aryl methyl sites for hydroxylation is 1. The number of nitrogens with zero attached hydrogens (tertiary/aromatic N) is 1. The van der Waals surface area contributed by atoms with E-state index in [-0.39, 0.29) is 23.9 Å². The summed E-state index contributed by atoms with van der Waals surface area (Å²) in [6, 6.07) is 19.3. The van der Waals surface area contributed by atoms with E-state index in [0.29, 0.717) is 0 Å². The molecule has 1 fully saturated rings. The number of para-hydroxylation sites is 1. The van der Waals surface area contributed by atoms with Crippen LogP contribution in [0, 0.1) is 0 Å². The van der Waals surface area contributed by atoms with Crippen LogP contribution in [0.25, 0.3) is 10.9 Å². The van der Waals surface area contributed by atoms with Gasteiger partial charge in [0.25, 0.3) is 0 Å². The molecule has 4 rings (SSSR count). The minimum absolute atomic E-state index is 0. The minimum Gasteiger partial charge on any atom is -0.361 e. The van der Waals surface area contributed by atoms with E-state index in [4.69, 9.17) is 0 Å². The largest absolute Gasteiger partial charge is 0.361 e. The molecule has 2 N–H and O–H groups in total. The van der Waals surface area contributed by atoms with E-state index in [1.54, 1.807) is 0 Å². The van der Waals surface area contributed by atoms with Crippen LogP contribution in [0.2, 0.25) is 0 Å². The number of H-pyrrole nitrogens is 1. The maximum Gasteiger partial charge on any atom is 0.243 e. The van der Waals surface area contributed by atoms with Crippen molar-refractivity contribution in [2.75, 3.05) is 20.6 Å².